The number of carbonyl (C=O) groups excluding carboxylic acids is 5. The van der Waals surface area contributed by atoms with E-state index in [1.54, 1.807) is 0 Å². The molecule has 1 rings (SSSR count). The first-order valence-corrected chi connectivity index (χ1v) is 12.3. The number of phenols is 1. The SMILES string of the molecule is NCCCCC(N)C(=O)NC(Cc1ccc(O)cc1)C(=O)NC(CC(N)=O)C(=O)NC(CCC(N)=O)C(=O)O. The molecular weight excluding hydrogens is 514 g/mol. The van der Waals surface area contributed by atoms with Gasteiger partial charge in [-0.3, -0.25) is 24.0 Å². The van der Waals surface area contributed by atoms with Crippen LogP contribution in [0.4, 0.5) is 0 Å². The van der Waals surface area contributed by atoms with Gasteiger partial charge in [0.25, 0.3) is 0 Å². The Balaban J connectivity index is 3.11. The molecule has 0 saturated carbocycles. The minimum atomic E-state index is -1.59. The number of amides is 5. The number of benzene rings is 1. The van der Waals surface area contributed by atoms with Gasteiger partial charge in [0.2, 0.25) is 29.5 Å². The van der Waals surface area contributed by atoms with Crippen LogP contribution in [0.2, 0.25) is 0 Å². The third kappa shape index (κ3) is 12.7. The van der Waals surface area contributed by atoms with Gasteiger partial charge in [-0.2, -0.15) is 0 Å². The standard InChI is InChI=1S/C24H37N7O8/c25-10-2-1-3-15(26)21(35)30-17(11-13-4-6-14(32)7-5-13)22(36)31-18(12-20(28)34)23(37)29-16(24(38)39)8-9-19(27)33/h4-7,15-18,32H,1-3,8-12,25-26H2,(H2,27,33)(H2,28,34)(H,29,37)(H,30,35)(H,31,36)(H,38,39). The number of carbonyl (C=O) groups is 6. The smallest absolute Gasteiger partial charge is 0.326 e. The number of hydrogen-bond donors (Lipinski definition) is 9. The molecule has 0 spiro atoms. The summed E-state index contributed by atoms with van der Waals surface area (Å²) in [6.07, 6.45) is 0.129. The second kappa shape index (κ2) is 16.6. The molecule has 0 heterocycles. The lowest BCUT2D eigenvalue weighted by molar-refractivity contribution is -0.142. The van der Waals surface area contributed by atoms with Crippen molar-refractivity contribution >= 4 is 35.5 Å². The molecule has 0 aromatic heterocycles. The maximum atomic E-state index is 13.2. The Morgan fingerprint density at radius 3 is 1.87 bits per heavy atom. The van der Waals surface area contributed by atoms with Crippen LogP contribution in [0, 0.1) is 0 Å². The minimum Gasteiger partial charge on any atom is -0.508 e. The summed E-state index contributed by atoms with van der Waals surface area (Å²) in [5, 5.41) is 25.9. The monoisotopic (exact) mass is 551 g/mol. The summed E-state index contributed by atoms with van der Waals surface area (Å²) in [7, 11) is 0. The zero-order valence-corrected chi connectivity index (χ0v) is 21.4. The average molecular weight is 552 g/mol. The van der Waals surface area contributed by atoms with Crippen LogP contribution in [-0.2, 0) is 35.2 Å². The Bertz CT molecular complexity index is 1020. The molecule has 13 N–H and O–H groups in total. The van der Waals surface area contributed by atoms with Crippen LogP contribution in [0.25, 0.3) is 0 Å². The number of nitrogens with one attached hydrogen (secondary N) is 3. The van der Waals surface area contributed by atoms with Gasteiger partial charge < -0.3 is 49.1 Å². The predicted octanol–water partition coefficient (Wildman–Crippen LogP) is -2.93. The fourth-order valence-corrected chi connectivity index (χ4v) is 3.49. The molecule has 39 heavy (non-hydrogen) atoms. The van der Waals surface area contributed by atoms with E-state index < -0.39 is 66.1 Å². The molecule has 1 aromatic rings. The number of aromatic hydroxyl groups is 1. The van der Waals surface area contributed by atoms with E-state index in [-0.39, 0.29) is 25.0 Å². The number of rotatable bonds is 18. The lowest BCUT2D eigenvalue weighted by atomic mass is 10.0. The van der Waals surface area contributed by atoms with E-state index >= 15 is 0 Å². The van der Waals surface area contributed by atoms with Gasteiger partial charge in [-0.1, -0.05) is 18.6 Å². The molecule has 0 fully saturated rings. The van der Waals surface area contributed by atoms with Crippen LogP contribution in [0.1, 0.15) is 44.1 Å². The van der Waals surface area contributed by atoms with Crippen molar-refractivity contribution in [3.8, 4) is 5.75 Å². The topological polar surface area (TPSA) is 283 Å². The normalized spacial score (nSPS) is 13.8. The fourth-order valence-electron chi connectivity index (χ4n) is 3.49. The molecule has 0 radical (unpaired) electrons. The van der Waals surface area contributed by atoms with Crippen molar-refractivity contribution < 1.29 is 39.0 Å². The van der Waals surface area contributed by atoms with E-state index in [0.29, 0.717) is 31.4 Å². The Morgan fingerprint density at radius 2 is 1.33 bits per heavy atom. The lowest BCUT2D eigenvalue weighted by Crippen LogP contribution is -2.58. The Kier molecular flexibility index (Phi) is 13.9. The molecule has 0 saturated heterocycles. The van der Waals surface area contributed by atoms with Crippen molar-refractivity contribution in [1.82, 2.24) is 16.0 Å². The van der Waals surface area contributed by atoms with Gasteiger partial charge in [0, 0.05) is 12.8 Å². The number of carboxylic acid groups (broad SMARTS) is 1. The number of hydrogen-bond acceptors (Lipinski definition) is 9. The van der Waals surface area contributed by atoms with E-state index in [1.807, 2.05) is 0 Å². The predicted molar refractivity (Wildman–Crippen MR) is 138 cm³/mol. The van der Waals surface area contributed by atoms with Gasteiger partial charge in [0.05, 0.1) is 12.5 Å². The number of unbranched alkanes of at least 4 members (excludes halogenated alkanes) is 1. The highest BCUT2D eigenvalue weighted by Crippen LogP contribution is 2.12. The molecule has 4 unspecified atom stereocenters. The van der Waals surface area contributed by atoms with Crippen molar-refractivity contribution in [3.05, 3.63) is 29.8 Å². The fraction of sp³-hybridized carbons (Fsp3) is 0.500. The molecule has 4 atom stereocenters. The number of primary amides is 2. The van der Waals surface area contributed by atoms with E-state index in [1.165, 1.54) is 24.3 Å². The van der Waals surface area contributed by atoms with Crippen molar-refractivity contribution in [1.29, 1.82) is 0 Å². The van der Waals surface area contributed by atoms with Crippen molar-refractivity contribution in [2.45, 2.75) is 69.1 Å². The molecule has 0 aliphatic rings. The highest BCUT2D eigenvalue weighted by molar-refractivity contribution is 5.96. The molecule has 0 bridgehead atoms. The van der Waals surface area contributed by atoms with Gasteiger partial charge in [-0.05, 0) is 43.5 Å². The van der Waals surface area contributed by atoms with Crippen molar-refractivity contribution in [2.75, 3.05) is 6.54 Å². The summed E-state index contributed by atoms with van der Waals surface area (Å²) in [5.41, 5.74) is 22.2. The molecular formula is C24H37N7O8. The summed E-state index contributed by atoms with van der Waals surface area (Å²) in [4.78, 5) is 72.9. The van der Waals surface area contributed by atoms with Crippen LogP contribution in [0.5, 0.6) is 5.75 Å². The highest BCUT2D eigenvalue weighted by atomic mass is 16.4. The third-order valence-electron chi connectivity index (χ3n) is 5.65. The summed E-state index contributed by atoms with van der Waals surface area (Å²) in [6.45, 7) is 0.425. The molecule has 216 valence electrons. The molecule has 0 aliphatic carbocycles. The van der Waals surface area contributed by atoms with E-state index in [0.717, 1.165) is 0 Å². The maximum Gasteiger partial charge on any atom is 0.326 e. The van der Waals surface area contributed by atoms with Crippen LogP contribution in [0.3, 0.4) is 0 Å². The Labute approximate surface area is 225 Å². The second-order valence-electron chi connectivity index (χ2n) is 8.96. The number of carboxylic acids is 1. The van der Waals surface area contributed by atoms with Gasteiger partial charge in [0.15, 0.2) is 0 Å². The number of nitrogens with two attached hydrogens (primary N) is 4. The third-order valence-corrected chi connectivity index (χ3v) is 5.65. The average Bonchev–Trinajstić information content (AvgIpc) is 2.86. The van der Waals surface area contributed by atoms with Crippen molar-refractivity contribution in [2.24, 2.45) is 22.9 Å². The van der Waals surface area contributed by atoms with Crippen LogP contribution < -0.4 is 38.9 Å². The second-order valence-corrected chi connectivity index (χ2v) is 8.96. The lowest BCUT2D eigenvalue weighted by Gasteiger charge is -2.25. The molecule has 0 aliphatic heterocycles. The first-order valence-electron chi connectivity index (χ1n) is 12.3. The highest BCUT2D eigenvalue weighted by Gasteiger charge is 2.31. The van der Waals surface area contributed by atoms with E-state index in [2.05, 4.69) is 16.0 Å². The molecule has 15 nitrogen and oxygen atoms in total. The first kappa shape index (κ1) is 32.8. The summed E-state index contributed by atoms with van der Waals surface area (Å²) < 4.78 is 0. The maximum absolute atomic E-state index is 13.2. The van der Waals surface area contributed by atoms with Gasteiger partial charge >= 0.3 is 5.97 Å². The molecule has 1 aromatic carbocycles. The zero-order valence-electron chi connectivity index (χ0n) is 21.4. The number of phenolic OH excluding ortho intramolecular Hbond substituents is 1. The van der Waals surface area contributed by atoms with Crippen LogP contribution >= 0.6 is 0 Å². The Hall–Kier alpha value is -4.24. The van der Waals surface area contributed by atoms with Crippen LogP contribution in [0.15, 0.2) is 24.3 Å². The van der Waals surface area contributed by atoms with Crippen molar-refractivity contribution in [3.63, 3.8) is 0 Å². The van der Waals surface area contributed by atoms with Gasteiger partial charge in [-0.15, -0.1) is 0 Å². The van der Waals surface area contributed by atoms with E-state index in [4.69, 9.17) is 22.9 Å². The summed E-state index contributed by atoms with van der Waals surface area (Å²) in [6, 6.07) is 0.464. The number of aliphatic carboxylic acids is 1. The van der Waals surface area contributed by atoms with Gasteiger partial charge in [-0.25, -0.2) is 4.79 Å². The van der Waals surface area contributed by atoms with Gasteiger partial charge in [0.1, 0.15) is 23.9 Å². The van der Waals surface area contributed by atoms with Crippen LogP contribution in [-0.4, -0.2) is 76.4 Å². The Morgan fingerprint density at radius 1 is 0.769 bits per heavy atom. The summed E-state index contributed by atoms with van der Waals surface area (Å²) in [5.74, 6) is -5.81. The largest absolute Gasteiger partial charge is 0.508 e. The minimum absolute atomic E-state index is 0.0202. The quantitative estimate of drug-likeness (QED) is 0.0837. The molecule has 5 amide bonds. The molecule has 15 heteroatoms. The van der Waals surface area contributed by atoms with E-state index in [9.17, 15) is 39.0 Å². The zero-order chi connectivity index (χ0) is 29.5. The summed E-state index contributed by atoms with van der Waals surface area (Å²) >= 11 is 0. The first-order chi connectivity index (χ1) is 18.3.